The zero-order valence-corrected chi connectivity index (χ0v) is 16.3. The van der Waals surface area contributed by atoms with E-state index in [2.05, 4.69) is 15.5 Å². The highest BCUT2D eigenvalue weighted by molar-refractivity contribution is 5.94. The molecule has 0 aromatic heterocycles. The maximum absolute atomic E-state index is 12.2. The minimum atomic E-state index is -0.0131. The van der Waals surface area contributed by atoms with Crippen molar-refractivity contribution in [1.29, 1.82) is 0 Å². The summed E-state index contributed by atoms with van der Waals surface area (Å²) in [7, 11) is 0. The molecular weight excluding hydrogens is 362 g/mol. The Morgan fingerprint density at radius 1 is 1.04 bits per heavy atom. The van der Waals surface area contributed by atoms with Crippen LogP contribution >= 0.6 is 12.4 Å². The van der Waals surface area contributed by atoms with Crippen LogP contribution in [-0.2, 0) is 6.61 Å². The van der Waals surface area contributed by atoms with Crippen molar-refractivity contribution in [3.63, 3.8) is 0 Å². The number of nitrogens with zero attached hydrogens (tertiary/aromatic N) is 1. The molecule has 0 bridgehead atoms. The van der Waals surface area contributed by atoms with Crippen molar-refractivity contribution in [3.8, 4) is 5.75 Å². The highest BCUT2D eigenvalue weighted by Crippen LogP contribution is 2.12. The molecule has 27 heavy (non-hydrogen) atoms. The molecule has 1 aliphatic heterocycles. The normalized spacial score (nSPS) is 14.2. The van der Waals surface area contributed by atoms with Crippen molar-refractivity contribution < 1.29 is 9.53 Å². The van der Waals surface area contributed by atoms with Crippen molar-refractivity contribution in [2.24, 2.45) is 0 Å². The van der Waals surface area contributed by atoms with Gasteiger partial charge in [-0.1, -0.05) is 30.3 Å². The standard InChI is InChI=1S/C21H27N3O2.ClH/c25-21(23-11-4-14-24-15-12-22-13-16-24)19-9-7-18(8-10-19)17-26-20-5-2-1-3-6-20;/h1-3,5-10,22H,4,11-17H2,(H,23,25);1H. The number of halogens is 1. The molecule has 146 valence electrons. The Labute approximate surface area is 167 Å². The molecule has 1 saturated heterocycles. The number of ether oxygens (including phenoxy) is 1. The Morgan fingerprint density at radius 3 is 2.44 bits per heavy atom. The molecular formula is C21H28ClN3O2. The highest BCUT2D eigenvalue weighted by Gasteiger charge is 2.09. The van der Waals surface area contributed by atoms with Crippen molar-refractivity contribution >= 4 is 18.3 Å². The molecule has 0 spiro atoms. The number of rotatable bonds is 8. The van der Waals surface area contributed by atoms with Crippen LogP contribution in [0.1, 0.15) is 22.3 Å². The highest BCUT2D eigenvalue weighted by atomic mass is 35.5. The molecule has 3 rings (SSSR count). The Bertz CT molecular complexity index is 674. The monoisotopic (exact) mass is 389 g/mol. The van der Waals surface area contributed by atoms with E-state index in [1.165, 1.54) is 0 Å². The summed E-state index contributed by atoms with van der Waals surface area (Å²) >= 11 is 0. The van der Waals surface area contributed by atoms with Crippen LogP contribution in [0.25, 0.3) is 0 Å². The van der Waals surface area contributed by atoms with Gasteiger partial charge < -0.3 is 20.3 Å². The van der Waals surface area contributed by atoms with Gasteiger partial charge in [-0.3, -0.25) is 4.79 Å². The quantitative estimate of drug-likeness (QED) is 0.681. The Hall–Kier alpha value is -2.08. The number of benzene rings is 2. The fraction of sp³-hybridized carbons (Fsp3) is 0.381. The van der Waals surface area contributed by atoms with E-state index in [0.29, 0.717) is 18.7 Å². The summed E-state index contributed by atoms with van der Waals surface area (Å²) in [6.07, 6.45) is 0.981. The van der Waals surface area contributed by atoms with Gasteiger partial charge in [0, 0.05) is 38.3 Å². The van der Waals surface area contributed by atoms with Crippen LogP contribution in [0.5, 0.6) is 5.75 Å². The molecule has 2 N–H and O–H groups in total. The van der Waals surface area contributed by atoms with E-state index in [1.807, 2.05) is 54.6 Å². The number of carbonyl (C=O) groups is 1. The predicted molar refractivity (Wildman–Crippen MR) is 111 cm³/mol. The van der Waals surface area contributed by atoms with E-state index in [0.717, 1.165) is 50.5 Å². The fourth-order valence-corrected chi connectivity index (χ4v) is 2.98. The van der Waals surface area contributed by atoms with Gasteiger partial charge in [-0.2, -0.15) is 0 Å². The molecule has 0 aliphatic carbocycles. The molecule has 2 aromatic rings. The SMILES string of the molecule is Cl.O=C(NCCCN1CCNCC1)c1ccc(COc2ccccc2)cc1. The van der Waals surface area contributed by atoms with Gasteiger partial charge in [-0.15, -0.1) is 12.4 Å². The molecule has 0 radical (unpaired) electrons. The molecule has 0 atom stereocenters. The summed E-state index contributed by atoms with van der Waals surface area (Å²) < 4.78 is 5.72. The predicted octanol–water partition coefficient (Wildman–Crippen LogP) is 2.71. The van der Waals surface area contributed by atoms with E-state index >= 15 is 0 Å². The lowest BCUT2D eigenvalue weighted by Crippen LogP contribution is -2.44. The largest absolute Gasteiger partial charge is 0.489 e. The number of carbonyl (C=O) groups excluding carboxylic acids is 1. The Kier molecular flexibility index (Phi) is 9.11. The second kappa shape index (κ2) is 11.6. The van der Waals surface area contributed by atoms with E-state index in [1.54, 1.807) is 0 Å². The number of para-hydroxylation sites is 1. The third-order valence-corrected chi connectivity index (χ3v) is 4.51. The van der Waals surface area contributed by atoms with Crippen LogP contribution in [0.2, 0.25) is 0 Å². The molecule has 0 saturated carbocycles. The smallest absolute Gasteiger partial charge is 0.251 e. The minimum absolute atomic E-state index is 0. The first-order valence-electron chi connectivity index (χ1n) is 9.29. The number of piperazine rings is 1. The summed E-state index contributed by atoms with van der Waals surface area (Å²) in [5, 5.41) is 6.35. The number of hydrogen-bond acceptors (Lipinski definition) is 4. The first-order chi connectivity index (χ1) is 12.8. The van der Waals surface area contributed by atoms with Gasteiger partial charge in [0.2, 0.25) is 0 Å². The average molecular weight is 390 g/mol. The lowest BCUT2D eigenvalue weighted by Gasteiger charge is -2.27. The first kappa shape index (κ1) is 21.2. The van der Waals surface area contributed by atoms with E-state index in [9.17, 15) is 4.79 Å². The topological polar surface area (TPSA) is 53.6 Å². The van der Waals surface area contributed by atoms with Crippen molar-refractivity contribution in [3.05, 3.63) is 65.7 Å². The maximum atomic E-state index is 12.2. The zero-order chi connectivity index (χ0) is 18.0. The van der Waals surface area contributed by atoms with Crippen molar-refractivity contribution in [1.82, 2.24) is 15.5 Å². The van der Waals surface area contributed by atoms with Gasteiger partial charge in [-0.25, -0.2) is 0 Å². The van der Waals surface area contributed by atoms with Gasteiger partial charge in [0.25, 0.3) is 5.91 Å². The van der Waals surface area contributed by atoms with Gasteiger partial charge >= 0.3 is 0 Å². The molecule has 2 aromatic carbocycles. The second-order valence-corrected chi connectivity index (χ2v) is 6.50. The lowest BCUT2D eigenvalue weighted by molar-refractivity contribution is 0.0951. The number of amides is 1. The summed E-state index contributed by atoms with van der Waals surface area (Å²) in [6.45, 7) is 6.57. The van der Waals surface area contributed by atoms with E-state index in [-0.39, 0.29) is 18.3 Å². The van der Waals surface area contributed by atoms with Crippen LogP contribution < -0.4 is 15.4 Å². The molecule has 5 nitrogen and oxygen atoms in total. The van der Waals surface area contributed by atoms with Crippen LogP contribution in [0.4, 0.5) is 0 Å². The Balaban J connectivity index is 0.00000261. The molecule has 1 amide bonds. The van der Waals surface area contributed by atoms with Gasteiger partial charge in [0.1, 0.15) is 12.4 Å². The zero-order valence-electron chi connectivity index (χ0n) is 15.5. The molecule has 6 heteroatoms. The van der Waals surface area contributed by atoms with Crippen LogP contribution in [0, 0.1) is 0 Å². The summed E-state index contributed by atoms with van der Waals surface area (Å²) in [6, 6.07) is 17.3. The van der Waals surface area contributed by atoms with Gasteiger partial charge in [0.05, 0.1) is 0 Å². The van der Waals surface area contributed by atoms with Crippen LogP contribution in [-0.4, -0.2) is 50.1 Å². The van der Waals surface area contributed by atoms with E-state index in [4.69, 9.17) is 4.74 Å². The van der Waals surface area contributed by atoms with E-state index < -0.39 is 0 Å². The second-order valence-electron chi connectivity index (χ2n) is 6.50. The van der Waals surface area contributed by atoms with Crippen LogP contribution in [0.15, 0.2) is 54.6 Å². The third-order valence-electron chi connectivity index (χ3n) is 4.51. The number of hydrogen-bond donors (Lipinski definition) is 2. The lowest BCUT2D eigenvalue weighted by atomic mass is 10.1. The minimum Gasteiger partial charge on any atom is -0.489 e. The van der Waals surface area contributed by atoms with Gasteiger partial charge in [-0.05, 0) is 42.8 Å². The maximum Gasteiger partial charge on any atom is 0.251 e. The third kappa shape index (κ3) is 7.21. The molecule has 1 aliphatic rings. The van der Waals surface area contributed by atoms with Gasteiger partial charge in [0.15, 0.2) is 0 Å². The van der Waals surface area contributed by atoms with Crippen LogP contribution in [0.3, 0.4) is 0 Å². The van der Waals surface area contributed by atoms with Crippen molar-refractivity contribution in [2.75, 3.05) is 39.3 Å². The molecule has 1 heterocycles. The molecule has 1 fully saturated rings. The fourth-order valence-electron chi connectivity index (χ4n) is 2.98. The summed E-state index contributed by atoms with van der Waals surface area (Å²) in [4.78, 5) is 14.7. The summed E-state index contributed by atoms with van der Waals surface area (Å²) in [5.74, 6) is 0.833. The average Bonchev–Trinajstić information content (AvgIpc) is 2.71. The Morgan fingerprint density at radius 2 is 1.74 bits per heavy atom. The number of nitrogens with one attached hydrogen (secondary N) is 2. The molecule has 0 unspecified atom stereocenters. The first-order valence-corrected chi connectivity index (χ1v) is 9.29. The summed E-state index contributed by atoms with van der Waals surface area (Å²) in [5.41, 5.74) is 1.74. The van der Waals surface area contributed by atoms with Crippen molar-refractivity contribution in [2.45, 2.75) is 13.0 Å².